The van der Waals surface area contributed by atoms with Gasteiger partial charge in [0.1, 0.15) is 23.6 Å². The highest BCUT2D eigenvalue weighted by atomic mass is 32.1. The number of ether oxygens (including phenoxy) is 2. The molecule has 2 rings (SSSR count). The number of carbonyl (C=O) groups excluding carboxylic acids is 2. The molecule has 7 nitrogen and oxygen atoms in total. The number of aryl methyl sites for hydroxylation is 1. The normalized spacial score (nSPS) is 10.4. The van der Waals surface area contributed by atoms with Crippen LogP contribution in [0.25, 0.3) is 0 Å². The Balaban J connectivity index is 2.22. The zero-order chi connectivity index (χ0) is 19.8. The molecule has 0 bridgehead atoms. The van der Waals surface area contributed by atoms with Crippen LogP contribution >= 0.6 is 11.3 Å². The number of aromatic nitrogens is 1. The van der Waals surface area contributed by atoms with Gasteiger partial charge >= 0.3 is 0 Å². The summed E-state index contributed by atoms with van der Waals surface area (Å²) in [4.78, 5) is 32.3. The fraction of sp³-hybridized carbons (Fsp3) is 0.421. The lowest BCUT2D eigenvalue weighted by Crippen LogP contribution is -2.39. The summed E-state index contributed by atoms with van der Waals surface area (Å²) in [5.74, 6) is 0.236. The van der Waals surface area contributed by atoms with Crippen molar-refractivity contribution in [2.75, 3.05) is 32.6 Å². The van der Waals surface area contributed by atoms with Crippen molar-refractivity contribution in [2.45, 2.75) is 26.7 Å². The zero-order valence-electron chi connectivity index (χ0n) is 16.1. The average molecular weight is 391 g/mol. The van der Waals surface area contributed by atoms with Crippen molar-refractivity contribution in [3.8, 4) is 11.5 Å². The third-order valence-corrected chi connectivity index (χ3v) is 4.74. The van der Waals surface area contributed by atoms with Crippen LogP contribution in [-0.2, 0) is 4.79 Å². The fourth-order valence-corrected chi connectivity index (χ4v) is 3.25. The van der Waals surface area contributed by atoms with Crippen LogP contribution < -0.4 is 14.8 Å². The van der Waals surface area contributed by atoms with Gasteiger partial charge < -0.3 is 19.7 Å². The molecule has 8 heteroatoms. The topological polar surface area (TPSA) is 80.8 Å². The van der Waals surface area contributed by atoms with E-state index in [9.17, 15) is 9.59 Å². The van der Waals surface area contributed by atoms with Crippen LogP contribution in [0.5, 0.6) is 11.5 Å². The summed E-state index contributed by atoms with van der Waals surface area (Å²) in [6.07, 6.45) is 3.38. The molecule has 2 aromatic rings. The number of unbranched alkanes of at least 4 members (excludes halogenated alkanes) is 1. The number of methoxy groups -OCH3 is 2. The Labute approximate surface area is 163 Å². The van der Waals surface area contributed by atoms with E-state index in [-0.39, 0.29) is 18.4 Å². The number of nitrogens with one attached hydrogen (secondary N) is 1. The molecule has 1 heterocycles. The Bertz CT molecular complexity index is 769. The molecule has 2 amide bonds. The first kappa shape index (κ1) is 20.7. The monoisotopic (exact) mass is 391 g/mol. The smallest absolute Gasteiger partial charge is 0.261 e. The third-order valence-electron chi connectivity index (χ3n) is 3.91. The first-order valence-corrected chi connectivity index (χ1v) is 9.54. The molecule has 146 valence electrons. The predicted octanol–water partition coefficient (Wildman–Crippen LogP) is 3.35. The van der Waals surface area contributed by atoms with Crippen molar-refractivity contribution in [1.82, 2.24) is 9.88 Å². The Hall–Kier alpha value is -2.61. The van der Waals surface area contributed by atoms with E-state index in [1.807, 2.05) is 13.8 Å². The lowest BCUT2D eigenvalue weighted by molar-refractivity contribution is -0.116. The molecule has 0 aliphatic heterocycles. The van der Waals surface area contributed by atoms with Crippen LogP contribution in [0.15, 0.2) is 24.4 Å². The van der Waals surface area contributed by atoms with E-state index in [1.165, 1.54) is 30.5 Å². The SMILES string of the molecule is CCCCN(CC(=O)Nc1ncc(C)s1)C(=O)c1c(OC)cccc1OC. The van der Waals surface area contributed by atoms with Crippen LogP contribution in [0.2, 0.25) is 0 Å². The van der Waals surface area contributed by atoms with Crippen molar-refractivity contribution in [1.29, 1.82) is 0 Å². The van der Waals surface area contributed by atoms with Crippen molar-refractivity contribution in [3.05, 3.63) is 34.8 Å². The molecule has 0 radical (unpaired) electrons. The quantitative estimate of drug-likeness (QED) is 0.709. The van der Waals surface area contributed by atoms with Gasteiger partial charge in [-0.2, -0.15) is 0 Å². The predicted molar refractivity (Wildman–Crippen MR) is 106 cm³/mol. The molecule has 0 aliphatic rings. The third kappa shape index (κ3) is 5.43. The van der Waals surface area contributed by atoms with Crippen molar-refractivity contribution < 1.29 is 19.1 Å². The number of rotatable bonds is 9. The number of nitrogens with zero attached hydrogens (tertiary/aromatic N) is 2. The van der Waals surface area contributed by atoms with E-state index >= 15 is 0 Å². The number of hydrogen-bond acceptors (Lipinski definition) is 6. The largest absolute Gasteiger partial charge is 0.496 e. The highest BCUT2D eigenvalue weighted by Gasteiger charge is 2.25. The van der Waals surface area contributed by atoms with Crippen LogP contribution in [-0.4, -0.2) is 49.0 Å². The maximum atomic E-state index is 13.2. The Kier molecular flexibility index (Phi) is 7.60. The summed E-state index contributed by atoms with van der Waals surface area (Å²) in [6, 6.07) is 5.15. The van der Waals surface area contributed by atoms with E-state index in [0.717, 1.165) is 17.7 Å². The molecule has 0 unspecified atom stereocenters. The van der Waals surface area contributed by atoms with Crippen molar-refractivity contribution >= 4 is 28.3 Å². The summed E-state index contributed by atoms with van der Waals surface area (Å²) in [5.41, 5.74) is 0.316. The minimum atomic E-state index is -0.303. The molecular weight excluding hydrogens is 366 g/mol. The number of amides is 2. The summed E-state index contributed by atoms with van der Waals surface area (Å²) >= 11 is 1.39. The lowest BCUT2D eigenvalue weighted by Gasteiger charge is -2.23. The van der Waals surface area contributed by atoms with Gasteiger partial charge in [0, 0.05) is 17.6 Å². The molecule has 1 aromatic carbocycles. The summed E-state index contributed by atoms with van der Waals surface area (Å²) in [5, 5.41) is 3.27. The fourth-order valence-electron chi connectivity index (χ4n) is 2.57. The van der Waals surface area contributed by atoms with Gasteiger partial charge in [0.15, 0.2) is 5.13 Å². The average Bonchev–Trinajstić information content (AvgIpc) is 3.08. The number of carbonyl (C=O) groups is 2. The van der Waals surface area contributed by atoms with Gasteiger partial charge in [0.25, 0.3) is 5.91 Å². The molecular formula is C19H25N3O4S. The summed E-state index contributed by atoms with van der Waals surface area (Å²) in [7, 11) is 3.00. The molecule has 0 spiro atoms. The Morgan fingerprint density at radius 1 is 1.22 bits per heavy atom. The van der Waals surface area contributed by atoms with Gasteiger partial charge in [-0.05, 0) is 25.5 Å². The molecule has 1 aromatic heterocycles. The van der Waals surface area contributed by atoms with Gasteiger partial charge in [-0.25, -0.2) is 4.98 Å². The van der Waals surface area contributed by atoms with Crippen LogP contribution in [0.4, 0.5) is 5.13 Å². The summed E-state index contributed by atoms with van der Waals surface area (Å²) < 4.78 is 10.7. The Morgan fingerprint density at radius 3 is 2.41 bits per heavy atom. The molecule has 27 heavy (non-hydrogen) atoms. The van der Waals surface area contributed by atoms with Crippen LogP contribution in [0, 0.1) is 6.92 Å². The van der Waals surface area contributed by atoms with E-state index < -0.39 is 0 Å². The maximum Gasteiger partial charge on any atom is 0.261 e. The second kappa shape index (κ2) is 9.91. The zero-order valence-corrected chi connectivity index (χ0v) is 16.9. The van der Waals surface area contributed by atoms with E-state index in [0.29, 0.717) is 28.7 Å². The van der Waals surface area contributed by atoms with Gasteiger partial charge in [-0.3, -0.25) is 9.59 Å². The van der Waals surface area contributed by atoms with E-state index in [4.69, 9.17) is 9.47 Å². The highest BCUT2D eigenvalue weighted by Crippen LogP contribution is 2.29. The van der Waals surface area contributed by atoms with Crippen LogP contribution in [0.1, 0.15) is 35.0 Å². The van der Waals surface area contributed by atoms with Gasteiger partial charge in [-0.15, -0.1) is 11.3 Å². The minimum Gasteiger partial charge on any atom is -0.496 e. The number of hydrogen-bond donors (Lipinski definition) is 1. The van der Waals surface area contributed by atoms with Gasteiger partial charge in [0.2, 0.25) is 5.91 Å². The second-order valence-corrected chi connectivity index (χ2v) is 7.18. The number of thiazole rings is 1. The minimum absolute atomic E-state index is 0.0708. The molecule has 0 aliphatic carbocycles. The molecule has 0 fully saturated rings. The van der Waals surface area contributed by atoms with Crippen molar-refractivity contribution in [3.63, 3.8) is 0 Å². The molecule has 0 saturated carbocycles. The van der Waals surface area contributed by atoms with Crippen molar-refractivity contribution in [2.24, 2.45) is 0 Å². The Morgan fingerprint density at radius 2 is 1.89 bits per heavy atom. The first-order valence-electron chi connectivity index (χ1n) is 8.72. The summed E-state index contributed by atoms with van der Waals surface area (Å²) in [6.45, 7) is 4.34. The number of benzene rings is 1. The second-order valence-electron chi connectivity index (χ2n) is 5.94. The van der Waals surface area contributed by atoms with E-state index in [2.05, 4.69) is 10.3 Å². The standard InChI is InChI=1S/C19H25N3O4S/c1-5-6-10-22(12-16(23)21-19-20-11-13(2)27-19)18(24)17-14(25-3)8-7-9-15(17)26-4/h7-9,11H,5-6,10,12H2,1-4H3,(H,20,21,23). The molecule has 0 atom stereocenters. The maximum absolute atomic E-state index is 13.2. The number of anilines is 1. The van der Waals surface area contributed by atoms with Crippen LogP contribution in [0.3, 0.4) is 0 Å². The van der Waals surface area contributed by atoms with Gasteiger partial charge in [-0.1, -0.05) is 19.4 Å². The van der Waals surface area contributed by atoms with E-state index in [1.54, 1.807) is 24.4 Å². The van der Waals surface area contributed by atoms with Gasteiger partial charge in [0.05, 0.1) is 14.2 Å². The first-order chi connectivity index (χ1) is 13.0. The highest BCUT2D eigenvalue weighted by molar-refractivity contribution is 7.15. The molecule has 0 saturated heterocycles. The molecule has 1 N–H and O–H groups in total. The lowest BCUT2D eigenvalue weighted by atomic mass is 10.1.